The number of fused-ring (bicyclic) bond motifs is 1. The second-order valence-electron chi connectivity index (χ2n) is 4.88. The van der Waals surface area contributed by atoms with Crippen molar-refractivity contribution < 1.29 is 4.79 Å². The monoisotopic (exact) mass is 308 g/mol. The van der Waals surface area contributed by atoms with E-state index in [4.69, 9.17) is 17.3 Å². The number of aromatic nitrogens is 1. The van der Waals surface area contributed by atoms with E-state index in [-0.39, 0.29) is 5.78 Å². The molecular weight excluding hydrogens is 296 g/mol. The van der Waals surface area contributed by atoms with Gasteiger partial charge >= 0.3 is 0 Å². The Morgan fingerprint density at radius 2 is 1.82 bits per heavy atom. The Labute approximate surface area is 133 Å². The van der Waals surface area contributed by atoms with Crippen molar-refractivity contribution in [2.75, 3.05) is 5.73 Å². The van der Waals surface area contributed by atoms with Gasteiger partial charge in [0.25, 0.3) is 0 Å². The number of hydrogen-bond donors (Lipinski definition) is 1. The topological polar surface area (TPSA) is 56.0 Å². The lowest BCUT2D eigenvalue weighted by atomic mass is 10.1. The first-order valence-electron chi connectivity index (χ1n) is 6.77. The van der Waals surface area contributed by atoms with Gasteiger partial charge in [0.1, 0.15) is 5.15 Å². The fourth-order valence-corrected chi connectivity index (χ4v) is 2.34. The highest BCUT2D eigenvalue weighted by atomic mass is 35.5. The molecule has 0 amide bonds. The Bertz CT molecular complexity index is 870. The van der Waals surface area contributed by atoms with Crippen molar-refractivity contribution in [1.82, 2.24) is 4.98 Å². The maximum absolute atomic E-state index is 12.1. The second kappa shape index (κ2) is 6.00. The number of carbonyl (C=O) groups excluding carboxylic acids is 1. The zero-order valence-corrected chi connectivity index (χ0v) is 12.4. The molecule has 0 unspecified atom stereocenters. The minimum atomic E-state index is -0.107. The second-order valence-corrected chi connectivity index (χ2v) is 5.24. The van der Waals surface area contributed by atoms with Crippen molar-refractivity contribution >= 4 is 40.1 Å². The van der Waals surface area contributed by atoms with E-state index < -0.39 is 0 Å². The number of nitrogens with two attached hydrogens (primary N) is 1. The van der Waals surface area contributed by atoms with Crippen molar-refractivity contribution in [2.24, 2.45) is 0 Å². The van der Waals surface area contributed by atoms with Gasteiger partial charge in [-0.15, -0.1) is 0 Å². The summed E-state index contributed by atoms with van der Waals surface area (Å²) >= 11 is 6.16. The third kappa shape index (κ3) is 3.00. The predicted molar refractivity (Wildman–Crippen MR) is 91.0 cm³/mol. The Morgan fingerprint density at radius 1 is 1.09 bits per heavy atom. The normalized spacial score (nSPS) is 11.1. The van der Waals surface area contributed by atoms with Crippen LogP contribution in [0, 0.1) is 0 Å². The number of hydrogen-bond acceptors (Lipinski definition) is 3. The number of para-hydroxylation sites is 1. The molecule has 1 aromatic heterocycles. The zero-order chi connectivity index (χ0) is 15.5. The quantitative estimate of drug-likeness (QED) is 0.338. The molecule has 3 rings (SSSR count). The van der Waals surface area contributed by atoms with E-state index in [0.717, 1.165) is 10.9 Å². The summed E-state index contributed by atoms with van der Waals surface area (Å²) in [6.07, 6.45) is 3.17. The first-order valence-corrected chi connectivity index (χ1v) is 7.14. The van der Waals surface area contributed by atoms with Crippen LogP contribution in [0.25, 0.3) is 17.0 Å². The average Bonchev–Trinajstić information content (AvgIpc) is 2.53. The molecule has 0 aliphatic carbocycles. The number of rotatable bonds is 3. The molecule has 1 heterocycles. The van der Waals surface area contributed by atoms with Crippen LogP contribution in [0.4, 0.5) is 5.69 Å². The molecule has 0 saturated carbocycles. The molecule has 0 aliphatic rings. The Balaban J connectivity index is 1.90. The van der Waals surface area contributed by atoms with Gasteiger partial charge in [-0.3, -0.25) is 4.79 Å². The van der Waals surface area contributed by atoms with Gasteiger partial charge in [0.2, 0.25) is 0 Å². The minimum absolute atomic E-state index is 0.107. The fraction of sp³-hybridized carbons (Fsp3) is 0. The summed E-state index contributed by atoms with van der Waals surface area (Å²) in [5.74, 6) is -0.107. The predicted octanol–water partition coefficient (Wildman–Crippen LogP) is 4.37. The first kappa shape index (κ1) is 14.3. The summed E-state index contributed by atoms with van der Waals surface area (Å²) in [7, 11) is 0. The first-order chi connectivity index (χ1) is 10.6. The van der Waals surface area contributed by atoms with Crippen LogP contribution in [-0.4, -0.2) is 10.8 Å². The van der Waals surface area contributed by atoms with E-state index in [2.05, 4.69) is 4.98 Å². The molecule has 0 saturated heterocycles. The summed E-state index contributed by atoms with van der Waals surface area (Å²) in [6.45, 7) is 0. The number of anilines is 1. The Kier molecular flexibility index (Phi) is 3.90. The molecule has 0 radical (unpaired) electrons. The van der Waals surface area contributed by atoms with Gasteiger partial charge in [-0.25, -0.2) is 4.98 Å². The number of halogens is 1. The number of pyridine rings is 1. The smallest absolute Gasteiger partial charge is 0.185 e. The van der Waals surface area contributed by atoms with Crippen LogP contribution >= 0.6 is 11.6 Å². The highest BCUT2D eigenvalue weighted by Crippen LogP contribution is 2.21. The summed E-state index contributed by atoms with van der Waals surface area (Å²) in [6, 6.07) is 16.4. The van der Waals surface area contributed by atoms with Crippen molar-refractivity contribution in [1.29, 1.82) is 0 Å². The van der Waals surface area contributed by atoms with Crippen LogP contribution in [-0.2, 0) is 0 Å². The summed E-state index contributed by atoms with van der Waals surface area (Å²) in [5, 5.41) is 1.35. The molecule has 0 atom stereocenters. The van der Waals surface area contributed by atoms with Gasteiger partial charge < -0.3 is 5.73 Å². The lowest BCUT2D eigenvalue weighted by molar-refractivity contribution is 0.104. The molecule has 0 aliphatic heterocycles. The lowest BCUT2D eigenvalue weighted by Gasteiger charge is -2.02. The average molecular weight is 309 g/mol. The number of benzene rings is 2. The minimum Gasteiger partial charge on any atom is -0.399 e. The van der Waals surface area contributed by atoms with Crippen LogP contribution < -0.4 is 5.73 Å². The van der Waals surface area contributed by atoms with Crippen LogP contribution in [0.1, 0.15) is 15.9 Å². The van der Waals surface area contributed by atoms with Crippen LogP contribution in [0.15, 0.2) is 60.7 Å². The van der Waals surface area contributed by atoms with Gasteiger partial charge in [0.05, 0.1) is 5.52 Å². The van der Waals surface area contributed by atoms with E-state index in [1.165, 1.54) is 6.08 Å². The molecular formula is C18H13ClN2O. The van der Waals surface area contributed by atoms with Crippen molar-refractivity contribution in [3.8, 4) is 0 Å². The standard InChI is InChI=1S/C18H13ClN2O/c19-18-14(11-13-3-1-2-4-16(13)21-18)7-10-17(22)12-5-8-15(20)9-6-12/h1-11H,20H2. The molecule has 0 bridgehead atoms. The van der Waals surface area contributed by atoms with Crippen LogP contribution in [0.5, 0.6) is 0 Å². The van der Waals surface area contributed by atoms with Crippen molar-refractivity contribution in [3.63, 3.8) is 0 Å². The molecule has 2 N–H and O–H groups in total. The summed E-state index contributed by atoms with van der Waals surface area (Å²) in [5.41, 5.74) is 8.36. The van der Waals surface area contributed by atoms with Crippen LogP contribution in [0.2, 0.25) is 5.15 Å². The van der Waals surface area contributed by atoms with E-state index in [9.17, 15) is 4.79 Å². The number of nitrogens with zero attached hydrogens (tertiary/aromatic N) is 1. The van der Waals surface area contributed by atoms with Crippen LogP contribution in [0.3, 0.4) is 0 Å². The van der Waals surface area contributed by atoms with E-state index in [1.807, 2.05) is 30.3 Å². The molecule has 3 nitrogen and oxygen atoms in total. The largest absolute Gasteiger partial charge is 0.399 e. The third-order valence-corrected chi connectivity index (χ3v) is 3.62. The molecule has 108 valence electrons. The highest BCUT2D eigenvalue weighted by Gasteiger charge is 2.04. The molecule has 3 aromatic rings. The van der Waals surface area contributed by atoms with Gasteiger partial charge in [-0.05, 0) is 48.6 Å². The number of allylic oxidation sites excluding steroid dienone is 1. The maximum Gasteiger partial charge on any atom is 0.185 e. The van der Waals surface area contributed by atoms with Gasteiger partial charge in [0.15, 0.2) is 5.78 Å². The highest BCUT2D eigenvalue weighted by molar-refractivity contribution is 6.31. The lowest BCUT2D eigenvalue weighted by Crippen LogP contribution is -1.95. The van der Waals surface area contributed by atoms with Gasteiger partial charge in [-0.1, -0.05) is 29.8 Å². The van der Waals surface area contributed by atoms with E-state index in [0.29, 0.717) is 22.0 Å². The number of ketones is 1. The fourth-order valence-electron chi connectivity index (χ4n) is 2.13. The molecule has 0 spiro atoms. The zero-order valence-electron chi connectivity index (χ0n) is 11.7. The Morgan fingerprint density at radius 3 is 2.59 bits per heavy atom. The van der Waals surface area contributed by atoms with Crippen molar-refractivity contribution in [2.45, 2.75) is 0 Å². The van der Waals surface area contributed by atoms with E-state index >= 15 is 0 Å². The van der Waals surface area contributed by atoms with E-state index in [1.54, 1.807) is 30.3 Å². The summed E-state index contributed by atoms with van der Waals surface area (Å²) < 4.78 is 0. The maximum atomic E-state index is 12.1. The third-order valence-electron chi connectivity index (χ3n) is 3.31. The molecule has 4 heteroatoms. The SMILES string of the molecule is Nc1ccc(C(=O)C=Cc2cc3ccccc3nc2Cl)cc1. The van der Waals surface area contributed by atoms with Gasteiger partial charge in [0, 0.05) is 22.2 Å². The number of nitrogen functional groups attached to an aromatic ring is 1. The molecule has 0 fully saturated rings. The molecule has 2 aromatic carbocycles. The summed E-state index contributed by atoms with van der Waals surface area (Å²) in [4.78, 5) is 16.4. The molecule has 22 heavy (non-hydrogen) atoms. The van der Waals surface area contributed by atoms with Gasteiger partial charge in [-0.2, -0.15) is 0 Å². The Hall–Kier alpha value is -2.65. The van der Waals surface area contributed by atoms with Crippen molar-refractivity contribution in [3.05, 3.63) is 77.0 Å². The number of carbonyl (C=O) groups is 1.